The Labute approximate surface area is 124 Å². The van der Waals surface area contributed by atoms with Crippen LogP contribution in [0.1, 0.15) is 12.5 Å². The summed E-state index contributed by atoms with van der Waals surface area (Å²) in [5, 5.41) is 4.99. The fourth-order valence-electron chi connectivity index (χ4n) is 1.56. The van der Waals surface area contributed by atoms with Crippen molar-refractivity contribution in [2.24, 2.45) is 10.9 Å². The second kappa shape index (κ2) is 5.02. The van der Waals surface area contributed by atoms with Gasteiger partial charge in [0, 0.05) is 12.5 Å². The summed E-state index contributed by atoms with van der Waals surface area (Å²) in [6.07, 6.45) is 1.70. The number of sulfone groups is 2. The lowest BCUT2D eigenvalue weighted by Gasteiger charge is -2.24. The van der Waals surface area contributed by atoms with Gasteiger partial charge in [-0.2, -0.15) is 0 Å². The lowest BCUT2D eigenvalue weighted by atomic mass is 10.1. The van der Waals surface area contributed by atoms with Gasteiger partial charge in [0.25, 0.3) is 0 Å². The summed E-state index contributed by atoms with van der Waals surface area (Å²) >= 11 is 0. The van der Waals surface area contributed by atoms with Gasteiger partial charge >= 0.3 is 0 Å². The molecule has 0 heterocycles. The molecule has 0 amide bonds. The van der Waals surface area contributed by atoms with Crippen molar-refractivity contribution < 1.29 is 25.3 Å². The van der Waals surface area contributed by atoms with Gasteiger partial charge in [-0.25, -0.2) is 30.4 Å². The van der Waals surface area contributed by atoms with Crippen molar-refractivity contribution in [1.82, 2.24) is 0 Å². The molecule has 0 aliphatic heterocycles. The summed E-state index contributed by atoms with van der Waals surface area (Å²) in [7, 11) is -12.0. The molecule has 8 nitrogen and oxygen atoms in total. The highest BCUT2D eigenvalue weighted by atomic mass is 32.2. The molecule has 0 spiro atoms. The van der Waals surface area contributed by atoms with E-state index in [1.54, 1.807) is 0 Å². The lowest BCUT2D eigenvalue weighted by Crippen LogP contribution is -2.41. The molecule has 0 fully saturated rings. The summed E-state index contributed by atoms with van der Waals surface area (Å²) in [6.45, 7) is 1.17. The van der Waals surface area contributed by atoms with Crippen LogP contribution in [0, 0.1) is 0 Å². The highest BCUT2D eigenvalue weighted by molar-refractivity contribution is 7.93. The first-order chi connectivity index (χ1) is 9.08. The predicted molar refractivity (Wildman–Crippen MR) is 77.3 cm³/mol. The van der Waals surface area contributed by atoms with Crippen LogP contribution in [-0.4, -0.2) is 37.8 Å². The van der Waals surface area contributed by atoms with Crippen molar-refractivity contribution in [3.05, 3.63) is 23.8 Å². The standard InChI is InChI=1S/C10H16N2O6S3/c1-10(11,20(3,15)16)7-4-5-8(19(2,13)14)9(6-7)21(12,17)18/h4-6H,11H2,1-3H3,(H2,12,17,18). The van der Waals surface area contributed by atoms with Gasteiger partial charge in [0.1, 0.15) is 9.77 Å². The molecule has 4 N–H and O–H groups in total. The predicted octanol–water partition coefficient (Wildman–Crippen LogP) is -1.09. The topological polar surface area (TPSA) is 154 Å². The fraction of sp³-hybridized carbons (Fsp3) is 0.400. The second-order valence-corrected chi connectivity index (χ2v) is 10.8. The SMILES string of the molecule is CC(N)(c1ccc(S(C)(=O)=O)c(S(N)(=O)=O)c1)S(C)(=O)=O. The average Bonchev–Trinajstić information content (AvgIpc) is 2.24. The van der Waals surface area contributed by atoms with Crippen molar-refractivity contribution in [1.29, 1.82) is 0 Å². The summed E-state index contributed by atoms with van der Waals surface area (Å²) in [6, 6.07) is 2.99. The largest absolute Gasteiger partial charge is 0.309 e. The molecule has 0 saturated heterocycles. The maximum absolute atomic E-state index is 11.7. The number of benzene rings is 1. The normalized spacial score (nSPS) is 16.4. The lowest BCUT2D eigenvalue weighted by molar-refractivity contribution is 0.550. The smallest absolute Gasteiger partial charge is 0.239 e. The van der Waals surface area contributed by atoms with E-state index < -0.39 is 44.4 Å². The molecule has 0 saturated carbocycles. The number of nitrogens with two attached hydrogens (primary N) is 2. The molecule has 0 aromatic heterocycles. The quantitative estimate of drug-likeness (QED) is 0.694. The van der Waals surface area contributed by atoms with Gasteiger partial charge in [0.05, 0.1) is 4.90 Å². The van der Waals surface area contributed by atoms with Crippen LogP contribution < -0.4 is 10.9 Å². The van der Waals surface area contributed by atoms with E-state index >= 15 is 0 Å². The highest BCUT2D eigenvalue weighted by Crippen LogP contribution is 2.29. The summed E-state index contributed by atoms with van der Waals surface area (Å²) in [5.74, 6) is 0. The number of sulfonamides is 1. The van der Waals surface area contributed by atoms with Gasteiger partial charge in [-0.3, -0.25) is 0 Å². The first-order valence-corrected chi connectivity index (χ1v) is 10.8. The van der Waals surface area contributed by atoms with Crippen LogP contribution in [0.15, 0.2) is 28.0 Å². The van der Waals surface area contributed by atoms with Crippen LogP contribution in [0.4, 0.5) is 0 Å². The van der Waals surface area contributed by atoms with E-state index in [9.17, 15) is 25.3 Å². The zero-order valence-corrected chi connectivity index (χ0v) is 14.0. The number of rotatable bonds is 4. The molecule has 1 atom stereocenters. The summed E-state index contributed by atoms with van der Waals surface area (Å²) < 4.78 is 69.6. The first kappa shape index (κ1) is 18.0. The van der Waals surface area contributed by atoms with Crippen LogP contribution in [0.3, 0.4) is 0 Å². The van der Waals surface area contributed by atoms with Crippen LogP contribution in [0.25, 0.3) is 0 Å². The molecule has 1 rings (SSSR count). The Balaban J connectivity index is 3.82. The van der Waals surface area contributed by atoms with E-state index in [2.05, 4.69) is 0 Å². The Bertz CT molecular complexity index is 883. The molecule has 0 aliphatic rings. The van der Waals surface area contributed by atoms with Crippen molar-refractivity contribution in [2.75, 3.05) is 12.5 Å². The minimum absolute atomic E-state index is 0.0820. The van der Waals surface area contributed by atoms with Gasteiger partial charge in [-0.15, -0.1) is 0 Å². The van der Waals surface area contributed by atoms with Crippen LogP contribution in [0.5, 0.6) is 0 Å². The minimum Gasteiger partial charge on any atom is -0.309 e. The molecular weight excluding hydrogens is 340 g/mol. The van der Waals surface area contributed by atoms with Crippen LogP contribution in [0.2, 0.25) is 0 Å². The van der Waals surface area contributed by atoms with E-state index in [1.807, 2.05) is 0 Å². The van der Waals surface area contributed by atoms with Crippen LogP contribution >= 0.6 is 0 Å². The molecule has 0 radical (unpaired) electrons. The van der Waals surface area contributed by atoms with E-state index in [-0.39, 0.29) is 5.56 Å². The maximum atomic E-state index is 11.7. The van der Waals surface area contributed by atoms with Gasteiger partial charge in [0.2, 0.25) is 10.0 Å². The Morgan fingerprint density at radius 3 is 1.76 bits per heavy atom. The molecule has 0 aliphatic carbocycles. The monoisotopic (exact) mass is 356 g/mol. The van der Waals surface area contributed by atoms with E-state index in [0.717, 1.165) is 30.7 Å². The molecule has 1 aromatic rings. The van der Waals surface area contributed by atoms with Crippen molar-refractivity contribution in [3.63, 3.8) is 0 Å². The zero-order chi connectivity index (χ0) is 16.9. The number of primary sulfonamides is 1. The fourth-order valence-corrected chi connectivity index (χ4v) is 4.30. The van der Waals surface area contributed by atoms with E-state index in [0.29, 0.717) is 0 Å². The molecule has 120 valence electrons. The third-order valence-electron chi connectivity index (χ3n) is 2.99. The number of hydrogen-bond donors (Lipinski definition) is 2. The van der Waals surface area contributed by atoms with Crippen molar-refractivity contribution >= 4 is 29.7 Å². The van der Waals surface area contributed by atoms with Gasteiger partial charge < -0.3 is 5.73 Å². The summed E-state index contributed by atoms with van der Waals surface area (Å²) in [5.41, 5.74) is 5.63. The third kappa shape index (κ3) is 3.61. The Kier molecular flexibility index (Phi) is 4.31. The minimum atomic E-state index is -4.37. The zero-order valence-electron chi connectivity index (χ0n) is 11.6. The average molecular weight is 356 g/mol. The molecule has 1 unspecified atom stereocenters. The molecular formula is C10H16N2O6S3. The van der Waals surface area contributed by atoms with Crippen molar-refractivity contribution in [2.45, 2.75) is 21.6 Å². The molecule has 21 heavy (non-hydrogen) atoms. The first-order valence-electron chi connectivity index (χ1n) is 5.44. The molecule has 0 bridgehead atoms. The summed E-state index contributed by atoms with van der Waals surface area (Å²) in [4.78, 5) is -3.09. The van der Waals surface area contributed by atoms with E-state index in [1.165, 1.54) is 6.92 Å². The molecule has 11 heteroatoms. The van der Waals surface area contributed by atoms with Gasteiger partial charge in [-0.05, 0) is 24.6 Å². The second-order valence-electron chi connectivity index (χ2n) is 4.86. The van der Waals surface area contributed by atoms with Gasteiger partial charge in [-0.1, -0.05) is 6.07 Å². The maximum Gasteiger partial charge on any atom is 0.239 e. The highest BCUT2D eigenvalue weighted by Gasteiger charge is 2.35. The van der Waals surface area contributed by atoms with Crippen molar-refractivity contribution in [3.8, 4) is 0 Å². The third-order valence-corrected chi connectivity index (χ3v) is 7.00. The Morgan fingerprint density at radius 1 is 0.952 bits per heavy atom. The Hall–Kier alpha value is -1.01. The Morgan fingerprint density at radius 2 is 1.43 bits per heavy atom. The van der Waals surface area contributed by atoms with Gasteiger partial charge in [0.15, 0.2) is 19.7 Å². The van der Waals surface area contributed by atoms with E-state index in [4.69, 9.17) is 10.9 Å². The number of hydrogen-bond acceptors (Lipinski definition) is 7. The molecule has 1 aromatic carbocycles. The van der Waals surface area contributed by atoms with Crippen LogP contribution in [-0.2, 0) is 34.6 Å².